The van der Waals surface area contributed by atoms with Crippen molar-refractivity contribution in [2.45, 2.75) is 56.7 Å². The summed E-state index contributed by atoms with van der Waals surface area (Å²) in [4.78, 5) is 46.0. The number of benzene rings is 1. The smallest absolute Gasteiger partial charge is 0.266 e. The van der Waals surface area contributed by atoms with E-state index in [-0.39, 0.29) is 17.9 Å². The van der Waals surface area contributed by atoms with Crippen LogP contribution < -0.4 is 4.74 Å². The number of rotatable bonds is 2. The number of nitrogens with zero attached hydrogens (tertiary/aromatic N) is 3. The normalized spacial score (nSPS) is 35.0. The maximum absolute atomic E-state index is 13.7. The van der Waals surface area contributed by atoms with Crippen molar-refractivity contribution in [1.29, 1.82) is 0 Å². The average molecular weight is 424 g/mol. The van der Waals surface area contributed by atoms with Crippen molar-refractivity contribution < 1.29 is 19.1 Å². The fraction of sp³-hybridized carbons (Fsp3) is 0.625. The standard InChI is InChI=1S/C24H29N3O4/c1-31-19-8-2-6-16-20(19)24(30)27(22(16)28)18-10-9-17-15-7-4-12-25-11-3-5-14(21(15)25)13-26(17)23(18)29/h2,6,8,14-15,17-18,21H,3-5,7,9-13H2,1H3/t14-,15+,17+,18?,21-/m0/s1. The molecule has 7 heteroatoms. The van der Waals surface area contributed by atoms with Crippen molar-refractivity contribution in [3.63, 3.8) is 0 Å². The molecule has 1 unspecified atom stereocenters. The molecule has 0 N–H and O–H groups in total. The van der Waals surface area contributed by atoms with E-state index in [1.54, 1.807) is 18.2 Å². The number of methoxy groups -OCH3 is 1. The summed E-state index contributed by atoms with van der Waals surface area (Å²) in [6.45, 7) is 3.15. The summed E-state index contributed by atoms with van der Waals surface area (Å²) < 4.78 is 5.33. The number of fused-ring (bicyclic) bond motifs is 3. The highest BCUT2D eigenvalue weighted by Crippen LogP contribution is 2.46. The molecule has 5 heterocycles. The highest BCUT2D eigenvalue weighted by molar-refractivity contribution is 6.24. The molecule has 6 rings (SSSR count). The molecule has 3 amide bonds. The Morgan fingerprint density at radius 3 is 2.58 bits per heavy atom. The topological polar surface area (TPSA) is 70.2 Å². The van der Waals surface area contributed by atoms with Crippen LogP contribution in [0.25, 0.3) is 0 Å². The Balaban J connectivity index is 1.30. The van der Waals surface area contributed by atoms with Crippen LogP contribution in [0.2, 0.25) is 0 Å². The molecule has 1 aromatic rings. The lowest BCUT2D eigenvalue weighted by molar-refractivity contribution is -0.156. The monoisotopic (exact) mass is 423 g/mol. The lowest BCUT2D eigenvalue weighted by atomic mass is 9.67. The predicted octanol–water partition coefficient (Wildman–Crippen LogP) is 2.16. The van der Waals surface area contributed by atoms with Gasteiger partial charge >= 0.3 is 0 Å². The molecule has 31 heavy (non-hydrogen) atoms. The molecular formula is C24H29N3O4. The van der Waals surface area contributed by atoms with E-state index in [4.69, 9.17) is 4.74 Å². The van der Waals surface area contributed by atoms with E-state index < -0.39 is 11.9 Å². The molecule has 7 nitrogen and oxygen atoms in total. The number of amides is 3. The molecule has 4 fully saturated rings. The Hall–Kier alpha value is -2.41. The quantitative estimate of drug-likeness (QED) is 0.682. The fourth-order valence-electron chi connectivity index (χ4n) is 7.23. The molecule has 0 radical (unpaired) electrons. The summed E-state index contributed by atoms with van der Waals surface area (Å²) in [5.41, 5.74) is 0.631. The minimum absolute atomic E-state index is 0.0362. The fourth-order valence-corrected chi connectivity index (χ4v) is 7.23. The van der Waals surface area contributed by atoms with E-state index in [1.807, 2.05) is 0 Å². The van der Waals surface area contributed by atoms with E-state index in [0.717, 1.165) is 13.0 Å². The zero-order valence-corrected chi connectivity index (χ0v) is 18.0. The van der Waals surface area contributed by atoms with Crippen molar-refractivity contribution in [2.75, 3.05) is 26.7 Å². The SMILES string of the molecule is COc1cccc2c1C(=O)N(C1CC[C@@H]3[C@H]4CCCN5CCC[C@@H](CN3C1=O)[C@@H]45)C2=O. The highest BCUT2D eigenvalue weighted by atomic mass is 16.5. The number of carbonyl (C=O) groups excluding carboxylic acids is 3. The van der Waals surface area contributed by atoms with E-state index in [0.29, 0.717) is 41.2 Å². The molecule has 0 aliphatic carbocycles. The van der Waals surface area contributed by atoms with Crippen LogP contribution in [0.3, 0.4) is 0 Å². The van der Waals surface area contributed by atoms with Gasteiger partial charge in [0.25, 0.3) is 11.8 Å². The molecule has 0 aromatic heterocycles. The Kier molecular flexibility index (Phi) is 4.39. The molecule has 1 aromatic carbocycles. The zero-order chi connectivity index (χ0) is 21.3. The molecule has 4 saturated heterocycles. The van der Waals surface area contributed by atoms with Gasteiger partial charge in [0, 0.05) is 18.6 Å². The van der Waals surface area contributed by atoms with Crippen molar-refractivity contribution in [3.05, 3.63) is 29.3 Å². The molecule has 5 aliphatic heterocycles. The summed E-state index contributed by atoms with van der Waals surface area (Å²) in [5, 5.41) is 0. The van der Waals surface area contributed by atoms with Gasteiger partial charge in [-0.15, -0.1) is 0 Å². The molecule has 0 bridgehead atoms. The van der Waals surface area contributed by atoms with Gasteiger partial charge < -0.3 is 9.64 Å². The minimum Gasteiger partial charge on any atom is -0.496 e. The third kappa shape index (κ3) is 2.65. The van der Waals surface area contributed by atoms with Gasteiger partial charge in [-0.05, 0) is 75.6 Å². The first kappa shape index (κ1) is 19.3. The number of carbonyl (C=O) groups is 3. The number of imide groups is 1. The maximum Gasteiger partial charge on any atom is 0.266 e. The van der Waals surface area contributed by atoms with Crippen molar-refractivity contribution in [2.24, 2.45) is 11.8 Å². The van der Waals surface area contributed by atoms with E-state index >= 15 is 0 Å². The molecule has 0 spiro atoms. The number of ether oxygens (including phenoxy) is 1. The van der Waals surface area contributed by atoms with Crippen molar-refractivity contribution in [3.8, 4) is 5.75 Å². The first-order valence-electron chi connectivity index (χ1n) is 11.7. The largest absolute Gasteiger partial charge is 0.496 e. The Morgan fingerprint density at radius 1 is 0.968 bits per heavy atom. The van der Waals surface area contributed by atoms with Gasteiger partial charge in [0.15, 0.2) is 0 Å². The van der Waals surface area contributed by atoms with E-state index in [9.17, 15) is 14.4 Å². The third-order valence-corrected chi connectivity index (χ3v) is 8.42. The molecule has 5 aliphatic rings. The summed E-state index contributed by atoms with van der Waals surface area (Å²) >= 11 is 0. The van der Waals surface area contributed by atoms with Crippen LogP contribution in [0.15, 0.2) is 18.2 Å². The third-order valence-electron chi connectivity index (χ3n) is 8.42. The van der Waals surface area contributed by atoms with E-state index in [2.05, 4.69) is 9.80 Å². The van der Waals surface area contributed by atoms with Gasteiger partial charge in [0.05, 0.1) is 18.2 Å². The molecular weight excluding hydrogens is 394 g/mol. The van der Waals surface area contributed by atoms with Crippen LogP contribution >= 0.6 is 0 Å². The summed E-state index contributed by atoms with van der Waals surface area (Å²) in [7, 11) is 1.49. The molecule has 5 atom stereocenters. The zero-order valence-electron chi connectivity index (χ0n) is 18.0. The lowest BCUT2D eigenvalue weighted by Gasteiger charge is -2.59. The molecule has 164 valence electrons. The Labute approximate surface area is 182 Å². The van der Waals surface area contributed by atoms with Gasteiger partial charge in [-0.25, -0.2) is 0 Å². The Morgan fingerprint density at radius 2 is 1.77 bits per heavy atom. The highest BCUT2D eigenvalue weighted by Gasteiger charge is 2.54. The van der Waals surface area contributed by atoms with Gasteiger partial charge in [-0.3, -0.25) is 24.2 Å². The molecule has 0 saturated carbocycles. The van der Waals surface area contributed by atoms with Crippen LogP contribution in [-0.4, -0.2) is 77.3 Å². The van der Waals surface area contributed by atoms with Crippen LogP contribution in [0.1, 0.15) is 59.2 Å². The van der Waals surface area contributed by atoms with E-state index in [1.165, 1.54) is 50.8 Å². The minimum atomic E-state index is -0.701. The van der Waals surface area contributed by atoms with Crippen molar-refractivity contribution >= 4 is 17.7 Å². The second-order valence-electron chi connectivity index (χ2n) is 9.75. The number of hydrogen-bond donors (Lipinski definition) is 0. The van der Waals surface area contributed by atoms with Gasteiger partial charge in [0.2, 0.25) is 5.91 Å². The maximum atomic E-state index is 13.7. The van der Waals surface area contributed by atoms with Crippen LogP contribution in [0.4, 0.5) is 0 Å². The lowest BCUT2D eigenvalue weighted by Crippen LogP contribution is -2.69. The number of piperidine rings is 4. The summed E-state index contributed by atoms with van der Waals surface area (Å²) in [6.07, 6.45) is 6.17. The van der Waals surface area contributed by atoms with Crippen molar-refractivity contribution in [1.82, 2.24) is 14.7 Å². The first-order valence-corrected chi connectivity index (χ1v) is 11.7. The van der Waals surface area contributed by atoms with Crippen LogP contribution in [-0.2, 0) is 4.79 Å². The Bertz CT molecular complexity index is 960. The average Bonchev–Trinajstić information content (AvgIpc) is 3.05. The predicted molar refractivity (Wildman–Crippen MR) is 113 cm³/mol. The van der Waals surface area contributed by atoms with Gasteiger partial charge in [0.1, 0.15) is 11.8 Å². The van der Waals surface area contributed by atoms with Crippen LogP contribution in [0, 0.1) is 11.8 Å². The summed E-state index contributed by atoms with van der Waals surface area (Å²) in [6, 6.07) is 5.21. The second-order valence-corrected chi connectivity index (χ2v) is 9.75. The number of hydrogen-bond acceptors (Lipinski definition) is 5. The summed E-state index contributed by atoms with van der Waals surface area (Å²) in [5.74, 6) is 0.633. The van der Waals surface area contributed by atoms with Gasteiger partial charge in [-0.2, -0.15) is 0 Å². The first-order chi connectivity index (χ1) is 15.1. The second kappa shape index (κ2) is 7.05. The van der Waals surface area contributed by atoms with Gasteiger partial charge in [-0.1, -0.05) is 6.07 Å². The van der Waals surface area contributed by atoms with Crippen LogP contribution in [0.5, 0.6) is 5.75 Å².